The monoisotopic (exact) mass is 310 g/mol. The molecule has 0 radical (unpaired) electrons. The first-order valence-corrected chi connectivity index (χ1v) is 8.69. The van der Waals surface area contributed by atoms with Gasteiger partial charge in [-0.05, 0) is 36.5 Å². The maximum absolute atomic E-state index is 12.6. The zero-order chi connectivity index (χ0) is 15.5. The third kappa shape index (κ3) is 4.04. The normalized spacial score (nSPS) is 17.6. The lowest BCUT2D eigenvalue weighted by molar-refractivity contribution is -0.120. The fraction of sp³-hybridized carbons (Fsp3) is 0.533. The van der Waals surface area contributed by atoms with E-state index < -0.39 is 10.0 Å². The number of carbonyl (C=O) groups is 1. The number of sulfonamides is 1. The van der Waals surface area contributed by atoms with Gasteiger partial charge in [-0.15, -0.1) is 0 Å². The molecule has 1 aromatic rings. The van der Waals surface area contributed by atoms with Gasteiger partial charge in [0.25, 0.3) is 0 Å². The Morgan fingerprint density at radius 2 is 1.90 bits per heavy atom. The van der Waals surface area contributed by atoms with E-state index in [1.54, 1.807) is 12.1 Å². The number of nitrogens with zero attached hydrogens (tertiary/aromatic N) is 1. The highest BCUT2D eigenvalue weighted by atomic mass is 32.2. The minimum Gasteiger partial charge on any atom is -0.355 e. The summed E-state index contributed by atoms with van der Waals surface area (Å²) in [6.07, 6.45) is 1.56. The van der Waals surface area contributed by atoms with Crippen LogP contribution in [0.3, 0.4) is 0 Å². The summed E-state index contributed by atoms with van der Waals surface area (Å²) in [6.45, 7) is 5.05. The minimum atomic E-state index is -3.59. The van der Waals surface area contributed by atoms with Gasteiger partial charge in [-0.25, -0.2) is 8.42 Å². The van der Waals surface area contributed by atoms with Crippen LogP contribution in [0.25, 0.3) is 0 Å². The largest absolute Gasteiger partial charge is 0.355 e. The van der Waals surface area contributed by atoms with Crippen molar-refractivity contribution >= 4 is 15.9 Å². The maximum Gasteiger partial charge on any atom is 0.243 e. The topological polar surface area (TPSA) is 66.5 Å². The standard InChI is InChI=1S/C15H22N2O3S/c1-12(2)10-13-4-6-14(7-5-13)21(19,20)17-9-3-8-16-15(18)11-17/h4-7,12H,3,8-11H2,1-2H3,(H,16,18). The van der Waals surface area contributed by atoms with Crippen LogP contribution < -0.4 is 5.32 Å². The smallest absolute Gasteiger partial charge is 0.243 e. The summed E-state index contributed by atoms with van der Waals surface area (Å²) in [6, 6.07) is 6.97. The van der Waals surface area contributed by atoms with E-state index in [0.29, 0.717) is 25.4 Å². The van der Waals surface area contributed by atoms with Gasteiger partial charge >= 0.3 is 0 Å². The highest BCUT2D eigenvalue weighted by Gasteiger charge is 2.27. The summed E-state index contributed by atoms with van der Waals surface area (Å²) < 4.78 is 26.4. The number of nitrogens with one attached hydrogen (secondary N) is 1. The molecule has 1 aliphatic heterocycles. The summed E-state index contributed by atoms with van der Waals surface area (Å²) in [5.74, 6) is 0.286. The zero-order valence-corrected chi connectivity index (χ0v) is 13.3. The first-order chi connectivity index (χ1) is 9.89. The molecular weight excluding hydrogens is 288 g/mol. The molecule has 0 aliphatic carbocycles. The van der Waals surface area contributed by atoms with Crippen LogP contribution in [0.15, 0.2) is 29.2 Å². The fourth-order valence-corrected chi connectivity index (χ4v) is 3.84. The Hall–Kier alpha value is -1.40. The van der Waals surface area contributed by atoms with Gasteiger partial charge in [-0.3, -0.25) is 4.79 Å². The Labute approximate surface area is 126 Å². The third-order valence-electron chi connectivity index (χ3n) is 3.43. The molecule has 1 heterocycles. The molecule has 21 heavy (non-hydrogen) atoms. The Kier molecular flexibility index (Phi) is 5.00. The Morgan fingerprint density at radius 1 is 1.24 bits per heavy atom. The van der Waals surface area contributed by atoms with E-state index in [-0.39, 0.29) is 17.3 Å². The molecular formula is C15H22N2O3S. The van der Waals surface area contributed by atoms with Gasteiger partial charge in [0.05, 0.1) is 11.4 Å². The van der Waals surface area contributed by atoms with Gasteiger partial charge in [0.2, 0.25) is 15.9 Å². The number of amides is 1. The van der Waals surface area contributed by atoms with E-state index in [9.17, 15) is 13.2 Å². The van der Waals surface area contributed by atoms with E-state index in [1.807, 2.05) is 12.1 Å². The molecule has 1 aromatic carbocycles. The van der Waals surface area contributed by atoms with Crippen LogP contribution in [0.1, 0.15) is 25.8 Å². The van der Waals surface area contributed by atoms with Gasteiger partial charge in [0.15, 0.2) is 0 Å². The van der Waals surface area contributed by atoms with Crippen molar-refractivity contribution in [3.8, 4) is 0 Å². The molecule has 0 unspecified atom stereocenters. The summed E-state index contributed by atoms with van der Waals surface area (Å²) in [4.78, 5) is 11.8. The number of benzene rings is 1. The van der Waals surface area contributed by atoms with E-state index in [1.165, 1.54) is 4.31 Å². The number of hydrogen-bond donors (Lipinski definition) is 1. The average Bonchev–Trinajstić information content (AvgIpc) is 2.64. The fourth-order valence-electron chi connectivity index (χ4n) is 2.40. The molecule has 2 rings (SSSR count). The maximum atomic E-state index is 12.6. The van der Waals surface area contributed by atoms with Crippen molar-refractivity contribution in [2.45, 2.75) is 31.6 Å². The van der Waals surface area contributed by atoms with Crippen molar-refractivity contribution in [3.63, 3.8) is 0 Å². The van der Waals surface area contributed by atoms with Gasteiger partial charge in [-0.1, -0.05) is 26.0 Å². The summed E-state index contributed by atoms with van der Waals surface area (Å²) >= 11 is 0. The van der Waals surface area contributed by atoms with E-state index in [2.05, 4.69) is 19.2 Å². The Balaban J connectivity index is 2.20. The molecule has 1 saturated heterocycles. The minimum absolute atomic E-state index is 0.101. The third-order valence-corrected chi connectivity index (χ3v) is 5.29. The Bertz CT molecular complexity index is 594. The lowest BCUT2D eigenvalue weighted by Crippen LogP contribution is -2.37. The predicted octanol–water partition coefficient (Wildman–Crippen LogP) is 1.40. The highest BCUT2D eigenvalue weighted by molar-refractivity contribution is 7.89. The van der Waals surface area contributed by atoms with E-state index >= 15 is 0 Å². The molecule has 1 N–H and O–H groups in total. The van der Waals surface area contributed by atoms with Crippen molar-refractivity contribution in [2.75, 3.05) is 19.6 Å². The van der Waals surface area contributed by atoms with Crippen LogP contribution in [-0.4, -0.2) is 38.3 Å². The summed E-state index contributed by atoms with van der Waals surface area (Å²) in [5.41, 5.74) is 1.12. The molecule has 0 bridgehead atoms. The van der Waals surface area contributed by atoms with Gasteiger partial charge in [0.1, 0.15) is 0 Å². The molecule has 5 nitrogen and oxygen atoms in total. The van der Waals surface area contributed by atoms with Crippen LogP contribution in [0.2, 0.25) is 0 Å². The second-order valence-corrected chi connectivity index (χ2v) is 7.72. The quantitative estimate of drug-likeness (QED) is 0.914. The lowest BCUT2D eigenvalue weighted by Gasteiger charge is -2.19. The predicted molar refractivity (Wildman–Crippen MR) is 81.4 cm³/mol. The average molecular weight is 310 g/mol. The summed E-state index contributed by atoms with van der Waals surface area (Å²) in [5, 5.41) is 2.68. The van der Waals surface area contributed by atoms with E-state index in [4.69, 9.17) is 0 Å². The van der Waals surface area contributed by atoms with Crippen molar-refractivity contribution < 1.29 is 13.2 Å². The van der Waals surface area contributed by atoms with Gasteiger partial charge < -0.3 is 5.32 Å². The van der Waals surface area contributed by atoms with Crippen LogP contribution >= 0.6 is 0 Å². The molecule has 0 aromatic heterocycles. The molecule has 0 atom stereocenters. The molecule has 1 aliphatic rings. The molecule has 116 valence electrons. The molecule has 6 heteroatoms. The number of hydrogen-bond acceptors (Lipinski definition) is 3. The van der Waals surface area contributed by atoms with Crippen molar-refractivity contribution in [1.29, 1.82) is 0 Å². The van der Waals surface area contributed by atoms with Gasteiger partial charge in [0, 0.05) is 13.1 Å². The first kappa shape index (κ1) is 16.0. The second kappa shape index (κ2) is 6.58. The highest BCUT2D eigenvalue weighted by Crippen LogP contribution is 2.18. The number of carbonyl (C=O) groups excluding carboxylic acids is 1. The molecule has 0 spiro atoms. The van der Waals surface area contributed by atoms with Crippen molar-refractivity contribution in [3.05, 3.63) is 29.8 Å². The SMILES string of the molecule is CC(C)Cc1ccc(S(=O)(=O)N2CCCNC(=O)C2)cc1. The van der Waals surface area contributed by atoms with Crippen LogP contribution in [-0.2, 0) is 21.2 Å². The Morgan fingerprint density at radius 3 is 2.52 bits per heavy atom. The summed E-state index contributed by atoms with van der Waals surface area (Å²) in [7, 11) is -3.59. The molecule has 0 saturated carbocycles. The van der Waals surface area contributed by atoms with Crippen molar-refractivity contribution in [2.24, 2.45) is 5.92 Å². The van der Waals surface area contributed by atoms with Gasteiger partial charge in [-0.2, -0.15) is 4.31 Å². The lowest BCUT2D eigenvalue weighted by atomic mass is 10.0. The number of rotatable bonds is 4. The van der Waals surface area contributed by atoms with Crippen molar-refractivity contribution in [1.82, 2.24) is 9.62 Å². The van der Waals surface area contributed by atoms with Crippen LogP contribution in [0.5, 0.6) is 0 Å². The second-order valence-electron chi connectivity index (χ2n) is 5.78. The molecule has 1 amide bonds. The van der Waals surface area contributed by atoms with Crippen LogP contribution in [0, 0.1) is 5.92 Å². The zero-order valence-electron chi connectivity index (χ0n) is 12.5. The van der Waals surface area contributed by atoms with Crippen LogP contribution in [0.4, 0.5) is 0 Å². The van der Waals surface area contributed by atoms with E-state index in [0.717, 1.165) is 12.0 Å². The molecule has 1 fully saturated rings. The first-order valence-electron chi connectivity index (χ1n) is 7.25.